The first kappa shape index (κ1) is 45.5. The van der Waals surface area contributed by atoms with Gasteiger partial charge in [0.05, 0.1) is 6.61 Å². The van der Waals surface area contributed by atoms with Crippen molar-refractivity contribution in [2.45, 2.75) is 193 Å². The highest BCUT2D eigenvalue weighted by Crippen LogP contribution is 2.36. The van der Waals surface area contributed by atoms with E-state index in [1.165, 1.54) is 83.5 Å². The van der Waals surface area contributed by atoms with E-state index >= 15 is 0 Å². The number of phosphoric ester groups is 1. The number of hydrogen-bond donors (Lipinski definition) is 2. The van der Waals surface area contributed by atoms with Gasteiger partial charge in [-0.15, -0.1) is 0 Å². The standard InChI is InChI=1S/C38H71O8P/c1-3-5-7-9-11-13-15-17-18-19-21-22-24-26-28-30-32-37(39)44-34-36(35-45-47(41,42)43)46-38(40)33-31-29-27-25-23-20-16-14-12-10-8-6-4-2/h14,16,18-19,36H,3-13,15,17,20-35H2,1-2H3,(H2,41,42,43)/b16-14-,19-18-/t36-/m1/s1. The first-order valence-electron chi connectivity index (χ1n) is 19.1. The van der Waals surface area contributed by atoms with Crippen molar-refractivity contribution in [3.63, 3.8) is 0 Å². The molecule has 2 N–H and O–H groups in total. The second-order valence-electron chi connectivity index (χ2n) is 12.9. The molecule has 8 nitrogen and oxygen atoms in total. The predicted octanol–water partition coefficient (Wildman–Crippen LogP) is 11.2. The molecule has 276 valence electrons. The van der Waals surface area contributed by atoms with Crippen molar-refractivity contribution in [2.24, 2.45) is 0 Å². The Hall–Kier alpha value is -1.47. The van der Waals surface area contributed by atoms with Crippen LogP contribution in [0.25, 0.3) is 0 Å². The second-order valence-corrected chi connectivity index (χ2v) is 14.1. The van der Waals surface area contributed by atoms with Crippen molar-refractivity contribution in [2.75, 3.05) is 13.2 Å². The molecule has 1 atom stereocenters. The van der Waals surface area contributed by atoms with Gasteiger partial charge in [0.25, 0.3) is 0 Å². The van der Waals surface area contributed by atoms with Crippen LogP contribution in [-0.4, -0.2) is 41.0 Å². The van der Waals surface area contributed by atoms with E-state index in [0.29, 0.717) is 12.8 Å². The lowest BCUT2D eigenvalue weighted by atomic mass is 10.1. The van der Waals surface area contributed by atoms with Crippen molar-refractivity contribution in [3.05, 3.63) is 24.3 Å². The van der Waals surface area contributed by atoms with Crippen molar-refractivity contribution in [3.8, 4) is 0 Å². The van der Waals surface area contributed by atoms with E-state index in [4.69, 9.17) is 19.3 Å². The first-order chi connectivity index (χ1) is 22.8. The maximum Gasteiger partial charge on any atom is 0.469 e. The fraction of sp³-hybridized carbons (Fsp3) is 0.842. The van der Waals surface area contributed by atoms with E-state index in [2.05, 4.69) is 42.7 Å². The van der Waals surface area contributed by atoms with Gasteiger partial charge in [-0.3, -0.25) is 14.1 Å². The molecule has 47 heavy (non-hydrogen) atoms. The molecule has 0 aromatic rings. The zero-order chi connectivity index (χ0) is 34.7. The van der Waals surface area contributed by atoms with E-state index in [9.17, 15) is 14.2 Å². The van der Waals surface area contributed by atoms with Gasteiger partial charge in [0.1, 0.15) is 6.61 Å². The quantitative estimate of drug-likeness (QED) is 0.0292. The predicted molar refractivity (Wildman–Crippen MR) is 193 cm³/mol. The summed E-state index contributed by atoms with van der Waals surface area (Å²) in [6, 6.07) is 0. The second kappa shape index (κ2) is 34.4. The highest BCUT2D eigenvalue weighted by atomic mass is 31.2. The number of ether oxygens (including phenoxy) is 2. The van der Waals surface area contributed by atoms with Gasteiger partial charge < -0.3 is 19.3 Å². The number of allylic oxidation sites excluding steroid dienone is 4. The van der Waals surface area contributed by atoms with Crippen LogP contribution in [0.5, 0.6) is 0 Å². The van der Waals surface area contributed by atoms with Gasteiger partial charge in [0.2, 0.25) is 0 Å². The molecule has 0 saturated carbocycles. The Morgan fingerprint density at radius 1 is 0.532 bits per heavy atom. The summed E-state index contributed by atoms with van der Waals surface area (Å²) in [4.78, 5) is 42.7. The molecule has 0 spiro atoms. The topological polar surface area (TPSA) is 119 Å². The van der Waals surface area contributed by atoms with E-state index in [0.717, 1.165) is 64.2 Å². The number of carbonyl (C=O) groups excluding carboxylic acids is 2. The summed E-state index contributed by atoms with van der Waals surface area (Å²) in [5.41, 5.74) is 0. The largest absolute Gasteiger partial charge is 0.469 e. The average molecular weight is 687 g/mol. The van der Waals surface area contributed by atoms with Crippen LogP contribution in [0.4, 0.5) is 0 Å². The third kappa shape index (κ3) is 37.2. The molecular formula is C38H71O8P. The van der Waals surface area contributed by atoms with Gasteiger partial charge in [-0.2, -0.15) is 0 Å². The van der Waals surface area contributed by atoms with Crippen LogP contribution in [0.2, 0.25) is 0 Å². The van der Waals surface area contributed by atoms with Crippen LogP contribution in [-0.2, 0) is 28.2 Å². The van der Waals surface area contributed by atoms with Crippen LogP contribution in [0.1, 0.15) is 187 Å². The lowest BCUT2D eigenvalue weighted by Crippen LogP contribution is -2.29. The van der Waals surface area contributed by atoms with Crippen LogP contribution in [0.15, 0.2) is 24.3 Å². The van der Waals surface area contributed by atoms with E-state index in [1.807, 2.05) is 0 Å². The molecule has 0 rings (SSSR count). The van der Waals surface area contributed by atoms with Crippen molar-refractivity contribution in [1.82, 2.24) is 0 Å². The van der Waals surface area contributed by atoms with Gasteiger partial charge in [-0.25, -0.2) is 4.57 Å². The molecule has 0 unspecified atom stereocenters. The maximum absolute atomic E-state index is 12.3. The Morgan fingerprint density at radius 3 is 1.32 bits per heavy atom. The normalized spacial score (nSPS) is 12.7. The molecule has 0 heterocycles. The Balaban J connectivity index is 3.97. The summed E-state index contributed by atoms with van der Waals surface area (Å²) < 4.78 is 26.3. The van der Waals surface area contributed by atoms with Crippen molar-refractivity contribution >= 4 is 19.8 Å². The molecule has 0 saturated heterocycles. The van der Waals surface area contributed by atoms with Crippen molar-refractivity contribution in [1.29, 1.82) is 0 Å². The Kier molecular flexibility index (Phi) is 33.3. The van der Waals surface area contributed by atoms with E-state index in [1.54, 1.807) is 0 Å². The maximum atomic E-state index is 12.3. The summed E-state index contributed by atoms with van der Waals surface area (Å²) in [5, 5.41) is 0. The van der Waals surface area contributed by atoms with Gasteiger partial charge >= 0.3 is 19.8 Å². The fourth-order valence-corrected chi connectivity index (χ4v) is 5.66. The minimum Gasteiger partial charge on any atom is -0.462 e. The SMILES string of the molecule is CCCCCC/C=C\CCCCCCCC(=O)O[C@H](COC(=O)CCCCCCC/C=C\CCCCCCCCC)COP(=O)(O)O. The first-order valence-corrected chi connectivity index (χ1v) is 20.7. The van der Waals surface area contributed by atoms with Crippen LogP contribution >= 0.6 is 7.82 Å². The van der Waals surface area contributed by atoms with Gasteiger partial charge in [0.15, 0.2) is 6.10 Å². The Morgan fingerprint density at radius 2 is 0.894 bits per heavy atom. The minimum absolute atomic E-state index is 0.201. The zero-order valence-electron chi connectivity index (χ0n) is 30.2. The van der Waals surface area contributed by atoms with Crippen molar-refractivity contribution < 1.29 is 37.9 Å². The Bertz CT molecular complexity index is 823. The molecule has 9 heteroatoms. The van der Waals surface area contributed by atoms with Crippen LogP contribution in [0, 0.1) is 0 Å². The summed E-state index contributed by atoms with van der Waals surface area (Å²) in [6.07, 6.45) is 37.5. The third-order valence-corrected chi connectivity index (χ3v) is 8.68. The van der Waals surface area contributed by atoms with Crippen LogP contribution in [0.3, 0.4) is 0 Å². The van der Waals surface area contributed by atoms with Crippen LogP contribution < -0.4 is 0 Å². The molecule has 0 aromatic heterocycles. The monoisotopic (exact) mass is 686 g/mol. The van der Waals surface area contributed by atoms with E-state index in [-0.39, 0.29) is 19.4 Å². The molecular weight excluding hydrogens is 615 g/mol. The molecule has 0 aromatic carbocycles. The lowest BCUT2D eigenvalue weighted by Gasteiger charge is -2.18. The number of rotatable bonds is 35. The van der Waals surface area contributed by atoms with E-state index < -0.39 is 32.5 Å². The number of esters is 2. The molecule has 0 radical (unpaired) electrons. The average Bonchev–Trinajstić information content (AvgIpc) is 3.03. The molecule has 0 aliphatic heterocycles. The molecule has 0 aliphatic rings. The van der Waals surface area contributed by atoms with Gasteiger partial charge in [-0.05, 0) is 64.2 Å². The highest BCUT2D eigenvalue weighted by Gasteiger charge is 2.22. The fourth-order valence-electron chi connectivity index (χ4n) is 5.30. The third-order valence-electron chi connectivity index (χ3n) is 8.19. The zero-order valence-corrected chi connectivity index (χ0v) is 31.1. The Labute approximate surface area is 288 Å². The minimum atomic E-state index is -4.75. The summed E-state index contributed by atoms with van der Waals surface area (Å²) in [6.45, 7) is 3.65. The smallest absolute Gasteiger partial charge is 0.462 e. The number of unbranched alkanes of at least 4 members (excludes halogenated alkanes) is 21. The summed E-state index contributed by atoms with van der Waals surface area (Å²) in [7, 11) is -4.75. The summed E-state index contributed by atoms with van der Waals surface area (Å²) >= 11 is 0. The molecule has 0 amide bonds. The number of phosphoric acid groups is 1. The molecule has 0 bridgehead atoms. The molecule has 0 fully saturated rings. The number of carbonyl (C=O) groups is 2. The number of hydrogen-bond acceptors (Lipinski definition) is 6. The van der Waals surface area contributed by atoms with Gasteiger partial charge in [0, 0.05) is 12.8 Å². The molecule has 0 aliphatic carbocycles. The van der Waals surface area contributed by atoms with Gasteiger partial charge in [-0.1, -0.05) is 134 Å². The lowest BCUT2D eigenvalue weighted by molar-refractivity contribution is -0.161. The highest BCUT2D eigenvalue weighted by molar-refractivity contribution is 7.46. The summed E-state index contributed by atoms with van der Waals surface area (Å²) in [5.74, 6) is -0.902.